The molecular formula is C16H12O6. The van der Waals surface area contributed by atoms with Gasteiger partial charge in [-0.2, -0.15) is 0 Å². The lowest BCUT2D eigenvalue weighted by Gasteiger charge is -1.99. The molecule has 0 aliphatic heterocycles. The number of hydrogen-bond donors (Lipinski definition) is 0. The minimum atomic E-state index is -0.604. The van der Waals surface area contributed by atoms with Gasteiger partial charge in [0.1, 0.15) is 18.0 Å². The highest BCUT2D eigenvalue weighted by Gasteiger charge is 2.16. The smallest absolute Gasteiger partial charge is 0.374 e. The van der Waals surface area contributed by atoms with Crippen molar-refractivity contribution in [2.45, 2.75) is 6.61 Å². The van der Waals surface area contributed by atoms with Crippen LogP contribution in [-0.2, 0) is 16.1 Å². The van der Waals surface area contributed by atoms with Gasteiger partial charge < -0.3 is 18.3 Å². The summed E-state index contributed by atoms with van der Waals surface area (Å²) in [6.07, 6.45) is 0. The quantitative estimate of drug-likeness (QED) is 0.689. The van der Waals surface area contributed by atoms with Crippen LogP contribution in [0.25, 0.3) is 11.0 Å². The number of para-hydroxylation sites is 1. The van der Waals surface area contributed by atoms with Crippen molar-refractivity contribution in [3.63, 3.8) is 0 Å². The summed E-state index contributed by atoms with van der Waals surface area (Å²) in [5.74, 6) is -0.690. The molecule has 0 N–H and O–H groups in total. The van der Waals surface area contributed by atoms with E-state index in [-0.39, 0.29) is 18.1 Å². The van der Waals surface area contributed by atoms with Crippen molar-refractivity contribution < 1.29 is 27.9 Å². The average Bonchev–Trinajstić information content (AvgIpc) is 3.18. The fourth-order valence-electron chi connectivity index (χ4n) is 1.96. The zero-order valence-corrected chi connectivity index (χ0v) is 11.7. The van der Waals surface area contributed by atoms with Crippen LogP contribution in [0.2, 0.25) is 0 Å². The van der Waals surface area contributed by atoms with Crippen LogP contribution in [0.1, 0.15) is 26.9 Å². The fraction of sp³-hybridized carbons (Fsp3) is 0.125. The first kappa shape index (κ1) is 13.9. The Morgan fingerprint density at radius 3 is 2.59 bits per heavy atom. The average molecular weight is 300 g/mol. The maximum absolute atomic E-state index is 11.9. The normalized spacial score (nSPS) is 10.6. The second-order valence-electron chi connectivity index (χ2n) is 4.48. The second kappa shape index (κ2) is 5.77. The summed E-state index contributed by atoms with van der Waals surface area (Å²) in [5, 5.41) is 0.820. The number of fused-ring (bicyclic) bond motifs is 1. The molecule has 0 fully saturated rings. The Hall–Kier alpha value is -3.02. The number of furan rings is 2. The maximum atomic E-state index is 11.9. The molecule has 3 aromatic rings. The van der Waals surface area contributed by atoms with Crippen molar-refractivity contribution in [3.8, 4) is 0 Å². The first-order valence-corrected chi connectivity index (χ1v) is 6.50. The summed E-state index contributed by atoms with van der Waals surface area (Å²) >= 11 is 0. The minimum absolute atomic E-state index is 0.0530. The van der Waals surface area contributed by atoms with E-state index in [1.165, 1.54) is 19.2 Å². The molecule has 2 heterocycles. The molecule has 0 saturated heterocycles. The Morgan fingerprint density at radius 2 is 1.82 bits per heavy atom. The molecule has 0 amide bonds. The number of carbonyl (C=O) groups is 2. The van der Waals surface area contributed by atoms with Crippen molar-refractivity contribution >= 4 is 22.9 Å². The molecule has 6 nitrogen and oxygen atoms in total. The third-order valence-electron chi connectivity index (χ3n) is 3.02. The number of hydrogen-bond acceptors (Lipinski definition) is 6. The van der Waals surface area contributed by atoms with Gasteiger partial charge in [-0.05, 0) is 24.3 Å². The van der Waals surface area contributed by atoms with Gasteiger partial charge in [0, 0.05) is 5.39 Å². The van der Waals surface area contributed by atoms with E-state index in [9.17, 15) is 9.59 Å². The van der Waals surface area contributed by atoms with Gasteiger partial charge in [0.2, 0.25) is 11.5 Å². The lowest BCUT2D eigenvalue weighted by molar-refractivity contribution is 0.0406. The van der Waals surface area contributed by atoms with E-state index in [0.29, 0.717) is 11.3 Å². The van der Waals surface area contributed by atoms with E-state index in [4.69, 9.17) is 13.6 Å². The summed E-state index contributed by atoms with van der Waals surface area (Å²) in [6.45, 7) is -0.104. The van der Waals surface area contributed by atoms with E-state index < -0.39 is 11.9 Å². The summed E-state index contributed by atoms with van der Waals surface area (Å²) in [6, 6.07) is 11.9. The molecule has 0 spiro atoms. The predicted molar refractivity (Wildman–Crippen MR) is 75.4 cm³/mol. The van der Waals surface area contributed by atoms with Gasteiger partial charge in [-0.1, -0.05) is 18.2 Å². The number of carbonyl (C=O) groups excluding carboxylic acids is 2. The number of benzene rings is 1. The topological polar surface area (TPSA) is 78.9 Å². The van der Waals surface area contributed by atoms with Crippen molar-refractivity contribution in [3.05, 3.63) is 59.7 Å². The maximum Gasteiger partial charge on any atom is 0.374 e. The van der Waals surface area contributed by atoms with Gasteiger partial charge in [0.15, 0.2) is 0 Å². The molecule has 0 atom stereocenters. The van der Waals surface area contributed by atoms with Crippen LogP contribution >= 0.6 is 0 Å². The van der Waals surface area contributed by atoms with Gasteiger partial charge in [0.25, 0.3) is 0 Å². The highest BCUT2D eigenvalue weighted by molar-refractivity contribution is 5.92. The van der Waals surface area contributed by atoms with Crippen LogP contribution in [-0.4, -0.2) is 19.0 Å². The molecule has 112 valence electrons. The van der Waals surface area contributed by atoms with E-state index in [1.54, 1.807) is 12.1 Å². The number of rotatable bonds is 4. The van der Waals surface area contributed by atoms with Crippen molar-refractivity contribution in [1.29, 1.82) is 0 Å². The molecule has 22 heavy (non-hydrogen) atoms. The molecule has 0 bridgehead atoms. The molecule has 0 unspecified atom stereocenters. The molecule has 0 aliphatic carbocycles. The van der Waals surface area contributed by atoms with Crippen molar-refractivity contribution in [2.75, 3.05) is 7.11 Å². The van der Waals surface area contributed by atoms with Gasteiger partial charge in [-0.25, -0.2) is 9.59 Å². The highest BCUT2D eigenvalue weighted by atomic mass is 16.6. The number of ether oxygens (including phenoxy) is 2. The third-order valence-corrected chi connectivity index (χ3v) is 3.02. The molecular weight excluding hydrogens is 288 g/mol. The van der Waals surface area contributed by atoms with Gasteiger partial charge in [-0.3, -0.25) is 0 Å². The largest absolute Gasteiger partial charge is 0.463 e. The summed E-state index contributed by atoms with van der Waals surface area (Å²) < 4.78 is 20.2. The predicted octanol–water partition coefficient (Wildman–Crippen LogP) is 3.17. The van der Waals surface area contributed by atoms with Crippen LogP contribution < -0.4 is 0 Å². The zero-order valence-electron chi connectivity index (χ0n) is 11.7. The lowest BCUT2D eigenvalue weighted by atomic mass is 10.2. The Morgan fingerprint density at radius 1 is 1.00 bits per heavy atom. The molecule has 6 heteroatoms. The van der Waals surface area contributed by atoms with E-state index in [1.807, 2.05) is 18.2 Å². The van der Waals surface area contributed by atoms with Gasteiger partial charge in [0.05, 0.1) is 7.11 Å². The van der Waals surface area contributed by atoms with Gasteiger partial charge in [-0.15, -0.1) is 0 Å². The van der Waals surface area contributed by atoms with Crippen molar-refractivity contribution in [2.24, 2.45) is 0 Å². The van der Waals surface area contributed by atoms with E-state index in [0.717, 1.165) is 5.39 Å². The summed E-state index contributed by atoms with van der Waals surface area (Å²) in [5.41, 5.74) is 0.612. The Kier molecular flexibility index (Phi) is 3.65. The van der Waals surface area contributed by atoms with Crippen molar-refractivity contribution in [1.82, 2.24) is 0 Å². The lowest BCUT2D eigenvalue weighted by Crippen LogP contribution is -2.03. The number of methoxy groups -OCH3 is 1. The van der Waals surface area contributed by atoms with E-state index >= 15 is 0 Å². The molecule has 0 radical (unpaired) electrons. The first-order chi connectivity index (χ1) is 10.7. The second-order valence-corrected chi connectivity index (χ2v) is 4.48. The molecule has 3 rings (SSSR count). The minimum Gasteiger partial charge on any atom is -0.463 e. The standard InChI is InChI=1S/C16H12O6/c1-19-15(17)13-7-6-11(21-13)9-20-16(18)14-8-10-4-2-3-5-12(10)22-14/h2-8H,9H2,1H3. The number of esters is 2. The van der Waals surface area contributed by atoms with Crippen LogP contribution in [0, 0.1) is 0 Å². The summed E-state index contributed by atoms with van der Waals surface area (Å²) in [7, 11) is 1.26. The van der Waals surface area contributed by atoms with Crippen LogP contribution in [0.3, 0.4) is 0 Å². The molecule has 2 aromatic heterocycles. The van der Waals surface area contributed by atoms with Crippen LogP contribution in [0.5, 0.6) is 0 Å². The summed E-state index contributed by atoms with van der Waals surface area (Å²) in [4.78, 5) is 23.2. The Bertz CT molecular complexity index is 793. The highest BCUT2D eigenvalue weighted by Crippen LogP contribution is 2.20. The molecule has 0 aliphatic rings. The fourth-order valence-corrected chi connectivity index (χ4v) is 1.96. The molecule has 1 aromatic carbocycles. The Balaban J connectivity index is 1.67. The Labute approximate surface area is 125 Å². The van der Waals surface area contributed by atoms with Crippen LogP contribution in [0.15, 0.2) is 51.3 Å². The van der Waals surface area contributed by atoms with Crippen LogP contribution in [0.4, 0.5) is 0 Å². The molecule has 0 saturated carbocycles. The van der Waals surface area contributed by atoms with Gasteiger partial charge >= 0.3 is 11.9 Å². The zero-order chi connectivity index (χ0) is 15.5. The SMILES string of the molecule is COC(=O)c1ccc(COC(=O)c2cc3ccccc3o2)o1. The monoisotopic (exact) mass is 300 g/mol. The third kappa shape index (κ3) is 2.71. The first-order valence-electron chi connectivity index (χ1n) is 6.50. The van der Waals surface area contributed by atoms with E-state index in [2.05, 4.69) is 4.74 Å².